The van der Waals surface area contributed by atoms with Gasteiger partial charge in [-0.15, -0.1) is 4.67 Å². The van der Waals surface area contributed by atoms with Crippen molar-refractivity contribution in [1.82, 2.24) is 4.98 Å². The summed E-state index contributed by atoms with van der Waals surface area (Å²) in [4.78, 5) is 16.9. The van der Waals surface area contributed by atoms with Gasteiger partial charge in [-0.25, -0.2) is 0 Å². The molecular formula is C6H8NO4P. The van der Waals surface area contributed by atoms with Crippen LogP contribution < -0.4 is 4.89 Å². The van der Waals surface area contributed by atoms with Crippen molar-refractivity contribution in [3.05, 3.63) is 24.5 Å². The Hall–Kier alpha value is -0.900. The summed E-state index contributed by atoms with van der Waals surface area (Å²) in [5.74, 6) is 0.334. The lowest BCUT2D eigenvalue weighted by Gasteiger charge is -2.05. The number of hydrogen-bond donors (Lipinski definition) is 1. The van der Waals surface area contributed by atoms with Crippen LogP contribution in [0.25, 0.3) is 0 Å². The topological polar surface area (TPSA) is 68.7 Å². The third kappa shape index (κ3) is 3.48. The smallest absolute Gasteiger partial charge is 0.329 e. The zero-order valence-electron chi connectivity index (χ0n) is 6.38. The Kier molecular flexibility index (Phi) is 2.81. The van der Waals surface area contributed by atoms with E-state index in [0.717, 1.165) is 6.66 Å². The first-order chi connectivity index (χ1) is 5.58. The van der Waals surface area contributed by atoms with Gasteiger partial charge in [0.15, 0.2) is 5.75 Å². The van der Waals surface area contributed by atoms with Crippen molar-refractivity contribution in [3.63, 3.8) is 0 Å². The molecule has 12 heavy (non-hydrogen) atoms. The molecule has 0 amide bonds. The molecule has 6 heteroatoms. The minimum absolute atomic E-state index is 0.334. The summed E-state index contributed by atoms with van der Waals surface area (Å²) in [5.41, 5.74) is 0. The standard InChI is InChI=1S/C6H8NO4P/c1-12(8,9)11-10-6-2-4-7-5-3-6/h2-5H,1H3,(H,8,9). The second kappa shape index (κ2) is 3.67. The van der Waals surface area contributed by atoms with Gasteiger partial charge in [-0.05, 0) is 0 Å². The summed E-state index contributed by atoms with van der Waals surface area (Å²) < 4.78 is 14.8. The molecule has 1 rings (SSSR count). The highest BCUT2D eigenvalue weighted by atomic mass is 31.2. The van der Waals surface area contributed by atoms with Crippen LogP contribution in [0.1, 0.15) is 0 Å². The molecule has 0 saturated heterocycles. The number of rotatable bonds is 3. The van der Waals surface area contributed by atoms with Crippen LogP contribution in [0.3, 0.4) is 0 Å². The summed E-state index contributed by atoms with van der Waals surface area (Å²) in [6.45, 7) is 1.04. The minimum atomic E-state index is -3.57. The molecule has 0 bridgehead atoms. The van der Waals surface area contributed by atoms with Crippen LogP contribution in [0.5, 0.6) is 5.75 Å². The van der Waals surface area contributed by atoms with E-state index in [9.17, 15) is 4.57 Å². The minimum Gasteiger partial charge on any atom is -0.329 e. The maximum atomic E-state index is 10.6. The van der Waals surface area contributed by atoms with Crippen LogP contribution in [0.15, 0.2) is 24.5 Å². The van der Waals surface area contributed by atoms with E-state index in [4.69, 9.17) is 4.89 Å². The Balaban J connectivity index is 2.50. The van der Waals surface area contributed by atoms with Gasteiger partial charge in [0.25, 0.3) is 0 Å². The molecule has 1 aromatic heterocycles. The summed E-state index contributed by atoms with van der Waals surface area (Å²) >= 11 is 0. The van der Waals surface area contributed by atoms with E-state index in [1.165, 1.54) is 24.5 Å². The lowest BCUT2D eigenvalue weighted by molar-refractivity contribution is -0.107. The van der Waals surface area contributed by atoms with Gasteiger partial charge in [-0.1, -0.05) is 0 Å². The molecule has 0 aromatic carbocycles. The van der Waals surface area contributed by atoms with Gasteiger partial charge in [-0.3, -0.25) is 9.55 Å². The van der Waals surface area contributed by atoms with E-state index in [0.29, 0.717) is 5.75 Å². The van der Waals surface area contributed by atoms with Crippen molar-refractivity contribution >= 4 is 7.60 Å². The Labute approximate surface area is 69.4 Å². The van der Waals surface area contributed by atoms with E-state index in [-0.39, 0.29) is 0 Å². The summed E-state index contributed by atoms with van der Waals surface area (Å²) in [6, 6.07) is 3.02. The number of nitrogens with zero attached hydrogens (tertiary/aromatic N) is 1. The molecule has 1 N–H and O–H groups in total. The Morgan fingerprint density at radius 1 is 1.50 bits per heavy atom. The number of aromatic nitrogens is 1. The van der Waals surface area contributed by atoms with E-state index in [2.05, 4.69) is 14.5 Å². The maximum Gasteiger partial charge on any atom is 0.363 e. The molecular weight excluding hydrogens is 181 g/mol. The van der Waals surface area contributed by atoms with Crippen LogP contribution in [0, 0.1) is 0 Å². The molecule has 1 atom stereocenters. The Bertz CT molecular complexity index is 283. The first kappa shape index (κ1) is 9.19. The van der Waals surface area contributed by atoms with Gasteiger partial charge in [-0.2, -0.15) is 0 Å². The quantitative estimate of drug-likeness (QED) is 0.439. The van der Waals surface area contributed by atoms with Crippen molar-refractivity contribution in [2.45, 2.75) is 0 Å². The van der Waals surface area contributed by atoms with Crippen LogP contribution >= 0.6 is 7.60 Å². The van der Waals surface area contributed by atoms with Gasteiger partial charge in [0.05, 0.1) is 0 Å². The molecule has 1 heterocycles. The fourth-order valence-electron chi connectivity index (χ4n) is 0.506. The van der Waals surface area contributed by atoms with Crippen LogP contribution in [0.2, 0.25) is 0 Å². The lowest BCUT2D eigenvalue weighted by atomic mass is 10.5. The Morgan fingerprint density at radius 2 is 2.08 bits per heavy atom. The van der Waals surface area contributed by atoms with Crippen LogP contribution in [0.4, 0.5) is 0 Å². The van der Waals surface area contributed by atoms with Gasteiger partial charge in [0.2, 0.25) is 0 Å². The predicted octanol–water partition coefficient (Wildman–Crippen LogP) is 1.21. The van der Waals surface area contributed by atoms with E-state index in [1.807, 2.05) is 0 Å². The largest absolute Gasteiger partial charge is 0.363 e. The predicted molar refractivity (Wildman–Crippen MR) is 41.7 cm³/mol. The third-order valence-corrected chi connectivity index (χ3v) is 1.27. The molecule has 0 aliphatic heterocycles. The van der Waals surface area contributed by atoms with Crippen LogP contribution in [-0.4, -0.2) is 16.5 Å². The van der Waals surface area contributed by atoms with Gasteiger partial charge < -0.3 is 9.78 Å². The average Bonchev–Trinajstić information content (AvgIpc) is 2.02. The average molecular weight is 189 g/mol. The molecule has 0 aliphatic carbocycles. The monoisotopic (exact) mass is 189 g/mol. The molecule has 66 valence electrons. The molecule has 5 nitrogen and oxygen atoms in total. The zero-order valence-corrected chi connectivity index (χ0v) is 7.27. The van der Waals surface area contributed by atoms with Crippen molar-refractivity contribution in [2.24, 2.45) is 0 Å². The molecule has 1 aromatic rings. The first-order valence-corrected chi connectivity index (χ1v) is 5.17. The highest BCUT2D eigenvalue weighted by molar-refractivity contribution is 7.51. The van der Waals surface area contributed by atoms with Crippen LogP contribution in [-0.2, 0) is 9.24 Å². The second-order valence-corrected chi connectivity index (χ2v) is 3.90. The Morgan fingerprint density at radius 3 is 2.58 bits per heavy atom. The second-order valence-electron chi connectivity index (χ2n) is 2.14. The molecule has 0 fully saturated rings. The number of pyridine rings is 1. The lowest BCUT2D eigenvalue weighted by Crippen LogP contribution is -1.93. The van der Waals surface area contributed by atoms with Gasteiger partial charge >= 0.3 is 7.60 Å². The highest BCUT2D eigenvalue weighted by Crippen LogP contribution is 2.36. The summed E-state index contributed by atoms with van der Waals surface area (Å²) in [5, 5.41) is 0. The summed E-state index contributed by atoms with van der Waals surface area (Å²) in [7, 11) is -3.57. The number of hydrogen-bond acceptors (Lipinski definition) is 4. The zero-order chi connectivity index (χ0) is 9.03. The summed E-state index contributed by atoms with van der Waals surface area (Å²) in [6.07, 6.45) is 2.97. The van der Waals surface area contributed by atoms with E-state index in [1.54, 1.807) is 0 Å². The maximum absolute atomic E-state index is 10.6. The van der Waals surface area contributed by atoms with Crippen molar-refractivity contribution < 1.29 is 19.0 Å². The van der Waals surface area contributed by atoms with E-state index >= 15 is 0 Å². The van der Waals surface area contributed by atoms with E-state index < -0.39 is 7.60 Å². The molecule has 0 spiro atoms. The van der Waals surface area contributed by atoms with Gasteiger partial charge in [0, 0.05) is 31.2 Å². The SMILES string of the molecule is CP(=O)(O)OOc1ccncc1. The fraction of sp³-hybridized carbons (Fsp3) is 0.167. The third-order valence-electron chi connectivity index (χ3n) is 0.922. The van der Waals surface area contributed by atoms with Crippen molar-refractivity contribution in [3.8, 4) is 5.75 Å². The fourth-order valence-corrected chi connectivity index (χ4v) is 0.730. The normalized spacial score (nSPS) is 15.2. The van der Waals surface area contributed by atoms with Gasteiger partial charge in [0.1, 0.15) is 0 Å². The molecule has 1 unspecified atom stereocenters. The van der Waals surface area contributed by atoms with Crippen molar-refractivity contribution in [1.29, 1.82) is 0 Å². The molecule has 0 aliphatic rings. The highest BCUT2D eigenvalue weighted by Gasteiger charge is 2.11. The first-order valence-electron chi connectivity index (χ1n) is 3.14. The van der Waals surface area contributed by atoms with Crippen molar-refractivity contribution in [2.75, 3.05) is 6.66 Å². The molecule has 0 radical (unpaired) electrons. The molecule has 0 saturated carbocycles.